The minimum Gasteiger partial charge on any atom is -0.326 e. The predicted molar refractivity (Wildman–Crippen MR) is 80.4 cm³/mol. The van der Waals surface area contributed by atoms with Crippen LogP contribution in [0, 0.1) is 17.8 Å². The van der Waals surface area contributed by atoms with Crippen LogP contribution in [0.2, 0.25) is 0 Å². The largest absolute Gasteiger partial charge is 0.326 e. The predicted octanol–water partition coefficient (Wildman–Crippen LogP) is 4.17. The molecule has 102 valence electrons. The maximum atomic E-state index is 12.1. The van der Waals surface area contributed by atoms with Crippen molar-refractivity contribution in [1.29, 1.82) is 0 Å². The van der Waals surface area contributed by atoms with E-state index in [1.165, 1.54) is 30.6 Å². The Bertz CT molecular complexity index is 456. The van der Waals surface area contributed by atoms with Gasteiger partial charge in [0, 0.05) is 17.0 Å². The Morgan fingerprint density at radius 1 is 1.26 bits per heavy atom. The molecule has 2 nitrogen and oxygen atoms in total. The monoisotopic (exact) mass is 275 g/mol. The molecule has 0 saturated heterocycles. The summed E-state index contributed by atoms with van der Waals surface area (Å²) >= 11 is 1.72. The van der Waals surface area contributed by atoms with Crippen molar-refractivity contribution in [1.82, 2.24) is 0 Å². The lowest BCUT2D eigenvalue weighted by Gasteiger charge is -2.20. The molecule has 2 saturated carbocycles. The molecule has 2 aliphatic rings. The fourth-order valence-electron chi connectivity index (χ4n) is 3.75. The molecule has 1 amide bonds. The van der Waals surface area contributed by atoms with Crippen LogP contribution in [0.1, 0.15) is 32.1 Å². The summed E-state index contributed by atoms with van der Waals surface area (Å²) in [6.45, 7) is 0. The lowest BCUT2D eigenvalue weighted by atomic mass is 9.86. The van der Waals surface area contributed by atoms with Gasteiger partial charge in [0.25, 0.3) is 0 Å². The van der Waals surface area contributed by atoms with Gasteiger partial charge in [-0.15, -0.1) is 11.8 Å². The van der Waals surface area contributed by atoms with Gasteiger partial charge in [0.2, 0.25) is 5.91 Å². The molecule has 3 rings (SSSR count). The van der Waals surface area contributed by atoms with Gasteiger partial charge in [-0.05, 0) is 67.5 Å². The first-order valence-corrected chi connectivity index (χ1v) is 8.41. The van der Waals surface area contributed by atoms with Gasteiger partial charge in [0.15, 0.2) is 0 Å². The molecule has 2 aliphatic carbocycles. The minimum atomic E-state index is 0.189. The molecule has 0 aromatic heterocycles. The quantitative estimate of drug-likeness (QED) is 0.835. The Morgan fingerprint density at radius 3 is 2.63 bits per heavy atom. The van der Waals surface area contributed by atoms with Gasteiger partial charge >= 0.3 is 0 Å². The number of rotatable bonds is 4. The zero-order valence-electron chi connectivity index (χ0n) is 11.4. The first-order chi connectivity index (χ1) is 9.24. The number of thioether (sulfide) groups is 1. The van der Waals surface area contributed by atoms with Gasteiger partial charge in [-0.25, -0.2) is 0 Å². The fourth-order valence-corrected chi connectivity index (χ4v) is 4.16. The van der Waals surface area contributed by atoms with E-state index < -0.39 is 0 Å². The van der Waals surface area contributed by atoms with Gasteiger partial charge in [-0.1, -0.05) is 6.42 Å². The van der Waals surface area contributed by atoms with E-state index in [-0.39, 0.29) is 5.91 Å². The number of hydrogen-bond acceptors (Lipinski definition) is 2. The van der Waals surface area contributed by atoms with Crippen LogP contribution in [0.5, 0.6) is 0 Å². The normalized spacial score (nSPS) is 28.6. The van der Waals surface area contributed by atoms with Crippen LogP contribution in [0.3, 0.4) is 0 Å². The van der Waals surface area contributed by atoms with Crippen LogP contribution in [0.4, 0.5) is 5.69 Å². The molecule has 1 N–H and O–H groups in total. The summed E-state index contributed by atoms with van der Waals surface area (Å²) in [5, 5.41) is 3.03. The Hall–Kier alpha value is -0.960. The molecule has 1 aromatic rings. The van der Waals surface area contributed by atoms with E-state index in [1.54, 1.807) is 11.8 Å². The van der Waals surface area contributed by atoms with E-state index in [0.29, 0.717) is 12.3 Å². The van der Waals surface area contributed by atoms with Crippen molar-refractivity contribution in [3.05, 3.63) is 24.3 Å². The molecular formula is C16H21NOS. The summed E-state index contributed by atoms with van der Waals surface area (Å²) in [5.41, 5.74) is 0.922. The molecule has 3 atom stereocenters. The Labute approximate surface area is 119 Å². The van der Waals surface area contributed by atoms with Gasteiger partial charge in [-0.3, -0.25) is 4.79 Å². The lowest BCUT2D eigenvalue weighted by molar-refractivity contribution is -0.117. The molecule has 0 radical (unpaired) electrons. The standard InChI is InChI=1S/C16H21NOS/c1-19-15-6-4-14(5-7-15)17-16(18)10-13-9-11-2-3-12(13)8-11/h4-7,11-13H,2-3,8-10H2,1H3,(H,17,18)/t11-,12+,13-/m0/s1. The number of anilines is 1. The molecule has 1 aromatic carbocycles. The van der Waals surface area contributed by atoms with Gasteiger partial charge in [-0.2, -0.15) is 0 Å². The van der Waals surface area contributed by atoms with Crippen molar-refractivity contribution in [3.8, 4) is 0 Å². The lowest BCUT2D eigenvalue weighted by Crippen LogP contribution is -2.20. The van der Waals surface area contributed by atoms with Crippen LogP contribution in [-0.2, 0) is 4.79 Å². The second kappa shape index (κ2) is 5.58. The third-order valence-corrected chi connectivity index (χ3v) is 5.45. The number of fused-ring (bicyclic) bond motifs is 2. The highest BCUT2D eigenvalue weighted by atomic mass is 32.2. The molecule has 0 unspecified atom stereocenters. The zero-order chi connectivity index (χ0) is 13.2. The summed E-state index contributed by atoms with van der Waals surface area (Å²) in [7, 11) is 0. The average molecular weight is 275 g/mol. The fraction of sp³-hybridized carbons (Fsp3) is 0.562. The highest BCUT2D eigenvalue weighted by molar-refractivity contribution is 7.98. The van der Waals surface area contributed by atoms with Crippen LogP contribution in [-0.4, -0.2) is 12.2 Å². The van der Waals surface area contributed by atoms with Crippen LogP contribution in [0.25, 0.3) is 0 Å². The van der Waals surface area contributed by atoms with Crippen LogP contribution < -0.4 is 5.32 Å². The Balaban J connectivity index is 1.53. The summed E-state index contributed by atoms with van der Waals surface area (Å²) < 4.78 is 0. The van der Waals surface area contributed by atoms with Crippen molar-refractivity contribution in [2.75, 3.05) is 11.6 Å². The molecule has 19 heavy (non-hydrogen) atoms. The van der Waals surface area contributed by atoms with Crippen molar-refractivity contribution < 1.29 is 4.79 Å². The maximum absolute atomic E-state index is 12.1. The first-order valence-electron chi connectivity index (χ1n) is 7.18. The summed E-state index contributed by atoms with van der Waals surface area (Å²) in [4.78, 5) is 13.3. The van der Waals surface area contributed by atoms with Gasteiger partial charge < -0.3 is 5.32 Å². The Morgan fingerprint density at radius 2 is 2.05 bits per heavy atom. The molecule has 2 bridgehead atoms. The van der Waals surface area contributed by atoms with Crippen molar-refractivity contribution in [2.45, 2.75) is 37.0 Å². The van der Waals surface area contributed by atoms with Crippen LogP contribution in [0.15, 0.2) is 29.2 Å². The second-order valence-electron chi connectivity index (χ2n) is 5.92. The minimum absolute atomic E-state index is 0.189. The molecule has 0 heterocycles. The zero-order valence-corrected chi connectivity index (χ0v) is 12.2. The summed E-state index contributed by atoms with van der Waals surface area (Å²) in [6, 6.07) is 8.09. The number of hydrogen-bond donors (Lipinski definition) is 1. The first kappa shape index (κ1) is 13.0. The van der Waals surface area contributed by atoms with E-state index in [9.17, 15) is 4.79 Å². The summed E-state index contributed by atoms with van der Waals surface area (Å²) in [6.07, 6.45) is 8.18. The molecule has 0 spiro atoms. The van der Waals surface area contributed by atoms with Crippen molar-refractivity contribution in [2.24, 2.45) is 17.8 Å². The number of amides is 1. The number of nitrogens with one attached hydrogen (secondary N) is 1. The summed E-state index contributed by atoms with van der Waals surface area (Å²) in [5.74, 6) is 2.58. The third kappa shape index (κ3) is 2.97. The topological polar surface area (TPSA) is 29.1 Å². The van der Waals surface area contributed by atoms with E-state index in [1.807, 2.05) is 12.1 Å². The third-order valence-electron chi connectivity index (χ3n) is 4.71. The van der Waals surface area contributed by atoms with E-state index in [4.69, 9.17) is 0 Å². The van der Waals surface area contributed by atoms with Gasteiger partial charge in [0.05, 0.1) is 0 Å². The highest BCUT2D eigenvalue weighted by Gasteiger charge is 2.40. The van der Waals surface area contributed by atoms with E-state index in [2.05, 4.69) is 23.7 Å². The van der Waals surface area contributed by atoms with Gasteiger partial charge in [0.1, 0.15) is 0 Å². The molecular weight excluding hydrogens is 254 g/mol. The average Bonchev–Trinajstić information content (AvgIpc) is 3.02. The maximum Gasteiger partial charge on any atom is 0.224 e. The van der Waals surface area contributed by atoms with Crippen LogP contribution >= 0.6 is 11.8 Å². The molecule has 0 aliphatic heterocycles. The number of benzene rings is 1. The molecule has 3 heteroatoms. The SMILES string of the molecule is CSc1ccc(NC(=O)C[C@@H]2C[C@H]3CC[C@@H]2C3)cc1. The van der Waals surface area contributed by atoms with Crippen molar-refractivity contribution in [3.63, 3.8) is 0 Å². The Kier molecular flexibility index (Phi) is 3.83. The van der Waals surface area contributed by atoms with E-state index >= 15 is 0 Å². The second-order valence-corrected chi connectivity index (χ2v) is 6.80. The smallest absolute Gasteiger partial charge is 0.224 e. The number of carbonyl (C=O) groups excluding carboxylic acids is 1. The molecule has 2 fully saturated rings. The van der Waals surface area contributed by atoms with E-state index in [0.717, 1.165) is 17.5 Å². The highest BCUT2D eigenvalue weighted by Crippen LogP contribution is 2.49. The van der Waals surface area contributed by atoms with Crippen molar-refractivity contribution >= 4 is 23.4 Å². The number of carbonyl (C=O) groups is 1.